The maximum Gasteiger partial charge on any atom is 0.262 e. The highest BCUT2D eigenvalue weighted by molar-refractivity contribution is 6.10. The second-order valence-corrected chi connectivity index (χ2v) is 7.36. The average Bonchev–Trinajstić information content (AvgIpc) is 2.71. The van der Waals surface area contributed by atoms with Crippen molar-refractivity contribution in [1.29, 1.82) is 0 Å². The summed E-state index contributed by atoms with van der Waals surface area (Å²) in [6.45, 7) is 7.75. The van der Waals surface area contributed by atoms with E-state index in [2.05, 4.69) is 10.6 Å². The van der Waals surface area contributed by atoms with Crippen LogP contribution in [-0.2, 0) is 4.79 Å². The van der Waals surface area contributed by atoms with Crippen LogP contribution in [0.15, 0.2) is 60.7 Å². The van der Waals surface area contributed by atoms with E-state index in [4.69, 9.17) is 4.74 Å². The lowest BCUT2D eigenvalue weighted by Gasteiger charge is -2.14. The third-order valence-electron chi connectivity index (χ3n) is 4.97. The zero-order chi connectivity index (χ0) is 21.7. The van der Waals surface area contributed by atoms with Gasteiger partial charge in [0.15, 0.2) is 6.61 Å². The Bertz CT molecular complexity index is 1070. The minimum atomic E-state index is -0.330. The molecule has 3 rings (SSSR count). The fourth-order valence-electron chi connectivity index (χ4n) is 3.16. The zero-order valence-electron chi connectivity index (χ0n) is 17.7. The summed E-state index contributed by atoms with van der Waals surface area (Å²) in [5, 5.41) is 5.67. The summed E-state index contributed by atoms with van der Waals surface area (Å²) in [6, 6.07) is 18.5. The van der Waals surface area contributed by atoms with Crippen molar-refractivity contribution in [2.75, 3.05) is 17.2 Å². The maximum atomic E-state index is 12.8. The van der Waals surface area contributed by atoms with E-state index in [1.165, 1.54) is 0 Å². The largest absolute Gasteiger partial charge is 0.483 e. The Labute approximate surface area is 177 Å². The standard InChI is InChI=1S/C25H26N2O3/c1-16-12-13-20(14-19(16)4)26-25(29)21-10-5-6-11-22(21)27-23(28)15-30-24-17(2)8-7-9-18(24)3/h5-14H,15H2,1-4H3,(H,26,29)(H,27,28). The fraction of sp³-hybridized carbons (Fsp3) is 0.200. The molecular formula is C25H26N2O3. The van der Waals surface area contributed by atoms with E-state index >= 15 is 0 Å². The molecule has 0 aliphatic rings. The monoisotopic (exact) mass is 402 g/mol. The molecule has 0 bridgehead atoms. The summed E-state index contributed by atoms with van der Waals surface area (Å²) in [7, 11) is 0. The maximum absolute atomic E-state index is 12.8. The van der Waals surface area contributed by atoms with Crippen LogP contribution in [0.5, 0.6) is 5.75 Å². The van der Waals surface area contributed by atoms with E-state index in [-0.39, 0.29) is 18.4 Å². The summed E-state index contributed by atoms with van der Waals surface area (Å²) >= 11 is 0. The number of ether oxygens (including phenoxy) is 1. The molecule has 2 amide bonds. The second-order valence-electron chi connectivity index (χ2n) is 7.36. The molecule has 0 atom stereocenters. The van der Waals surface area contributed by atoms with E-state index in [1.807, 2.05) is 64.1 Å². The van der Waals surface area contributed by atoms with Crippen LogP contribution in [0.2, 0.25) is 0 Å². The van der Waals surface area contributed by atoms with Gasteiger partial charge in [0, 0.05) is 5.69 Å². The molecule has 3 aromatic rings. The molecule has 0 spiro atoms. The number of aryl methyl sites for hydroxylation is 4. The summed E-state index contributed by atoms with van der Waals surface area (Å²) in [5.41, 5.74) is 5.72. The van der Waals surface area contributed by atoms with Crippen LogP contribution in [0.1, 0.15) is 32.6 Å². The average molecular weight is 402 g/mol. The molecule has 0 saturated carbocycles. The molecule has 3 aromatic carbocycles. The Morgan fingerprint density at radius 2 is 1.47 bits per heavy atom. The quantitative estimate of drug-likeness (QED) is 0.596. The molecule has 0 aliphatic carbocycles. The normalized spacial score (nSPS) is 10.4. The Morgan fingerprint density at radius 1 is 0.767 bits per heavy atom. The van der Waals surface area contributed by atoms with Gasteiger partial charge in [0.05, 0.1) is 11.3 Å². The van der Waals surface area contributed by atoms with Crippen molar-refractivity contribution < 1.29 is 14.3 Å². The van der Waals surface area contributed by atoms with Gasteiger partial charge in [-0.05, 0) is 74.2 Å². The summed E-state index contributed by atoms with van der Waals surface area (Å²) in [4.78, 5) is 25.2. The van der Waals surface area contributed by atoms with Crippen LogP contribution in [0, 0.1) is 27.7 Å². The molecule has 0 fully saturated rings. The Kier molecular flexibility index (Phi) is 6.52. The summed E-state index contributed by atoms with van der Waals surface area (Å²) in [5.74, 6) is 0.0855. The lowest BCUT2D eigenvalue weighted by molar-refractivity contribution is -0.118. The van der Waals surface area contributed by atoms with Crippen LogP contribution in [-0.4, -0.2) is 18.4 Å². The molecule has 2 N–H and O–H groups in total. The highest BCUT2D eigenvalue weighted by Crippen LogP contribution is 2.23. The van der Waals surface area contributed by atoms with Crippen LogP contribution in [0.3, 0.4) is 0 Å². The fourth-order valence-corrected chi connectivity index (χ4v) is 3.16. The lowest BCUT2D eigenvalue weighted by Crippen LogP contribution is -2.23. The molecule has 0 unspecified atom stereocenters. The minimum absolute atomic E-state index is 0.140. The van der Waals surface area contributed by atoms with Gasteiger partial charge in [0.2, 0.25) is 0 Å². The molecule has 30 heavy (non-hydrogen) atoms. The lowest BCUT2D eigenvalue weighted by atomic mass is 10.1. The van der Waals surface area contributed by atoms with Gasteiger partial charge in [-0.3, -0.25) is 9.59 Å². The van der Waals surface area contributed by atoms with Gasteiger partial charge in [-0.25, -0.2) is 0 Å². The van der Waals surface area contributed by atoms with Gasteiger partial charge in [-0.1, -0.05) is 36.4 Å². The molecule has 5 nitrogen and oxygen atoms in total. The van der Waals surface area contributed by atoms with Crippen LogP contribution >= 0.6 is 0 Å². The van der Waals surface area contributed by atoms with E-state index in [0.717, 1.165) is 22.3 Å². The first kappa shape index (κ1) is 21.1. The highest BCUT2D eigenvalue weighted by atomic mass is 16.5. The van der Waals surface area contributed by atoms with Crippen LogP contribution in [0.25, 0.3) is 0 Å². The van der Waals surface area contributed by atoms with Gasteiger partial charge < -0.3 is 15.4 Å². The van der Waals surface area contributed by atoms with Gasteiger partial charge in [0.25, 0.3) is 11.8 Å². The number of carbonyl (C=O) groups is 2. The molecule has 0 saturated heterocycles. The van der Waals surface area contributed by atoms with Gasteiger partial charge in [-0.15, -0.1) is 0 Å². The Balaban J connectivity index is 1.69. The number of hydrogen-bond acceptors (Lipinski definition) is 3. The number of hydrogen-bond donors (Lipinski definition) is 2. The van der Waals surface area contributed by atoms with Gasteiger partial charge in [0.1, 0.15) is 5.75 Å². The zero-order valence-corrected chi connectivity index (χ0v) is 17.7. The predicted molar refractivity (Wildman–Crippen MR) is 120 cm³/mol. The molecule has 0 aromatic heterocycles. The summed E-state index contributed by atoms with van der Waals surface area (Å²) < 4.78 is 5.71. The number of para-hydroxylation sites is 2. The second kappa shape index (κ2) is 9.27. The molecule has 154 valence electrons. The molecule has 0 radical (unpaired) electrons. The van der Waals surface area contributed by atoms with Crippen molar-refractivity contribution in [1.82, 2.24) is 0 Å². The van der Waals surface area contributed by atoms with Crippen molar-refractivity contribution in [2.24, 2.45) is 0 Å². The molecule has 5 heteroatoms. The van der Waals surface area contributed by atoms with E-state index in [9.17, 15) is 9.59 Å². The molecule has 0 aliphatic heterocycles. The van der Waals surface area contributed by atoms with E-state index < -0.39 is 0 Å². The summed E-state index contributed by atoms with van der Waals surface area (Å²) in [6.07, 6.45) is 0. The third kappa shape index (κ3) is 5.06. The van der Waals surface area contributed by atoms with Gasteiger partial charge in [-0.2, -0.15) is 0 Å². The van der Waals surface area contributed by atoms with Gasteiger partial charge >= 0.3 is 0 Å². The molecule has 0 heterocycles. The minimum Gasteiger partial charge on any atom is -0.483 e. The van der Waals surface area contributed by atoms with Crippen molar-refractivity contribution in [2.45, 2.75) is 27.7 Å². The Morgan fingerprint density at radius 3 is 2.17 bits per heavy atom. The first-order valence-corrected chi connectivity index (χ1v) is 9.81. The number of carbonyl (C=O) groups excluding carboxylic acids is 2. The van der Waals surface area contributed by atoms with Crippen molar-refractivity contribution in [3.63, 3.8) is 0 Å². The topological polar surface area (TPSA) is 67.4 Å². The first-order chi connectivity index (χ1) is 14.3. The van der Waals surface area contributed by atoms with E-state index in [0.29, 0.717) is 22.7 Å². The molecular weight excluding hydrogens is 376 g/mol. The number of amides is 2. The van der Waals surface area contributed by atoms with Crippen LogP contribution < -0.4 is 15.4 Å². The predicted octanol–water partition coefficient (Wildman–Crippen LogP) is 5.19. The Hall–Kier alpha value is -3.60. The van der Waals surface area contributed by atoms with Crippen molar-refractivity contribution >= 4 is 23.2 Å². The highest BCUT2D eigenvalue weighted by Gasteiger charge is 2.14. The van der Waals surface area contributed by atoms with Crippen LogP contribution in [0.4, 0.5) is 11.4 Å². The SMILES string of the molecule is Cc1ccc(NC(=O)c2ccccc2NC(=O)COc2c(C)cccc2C)cc1C. The number of benzene rings is 3. The van der Waals surface area contributed by atoms with E-state index in [1.54, 1.807) is 24.3 Å². The van der Waals surface area contributed by atoms with Crippen molar-refractivity contribution in [3.8, 4) is 5.75 Å². The number of rotatable bonds is 6. The smallest absolute Gasteiger partial charge is 0.262 e. The number of nitrogens with one attached hydrogen (secondary N) is 2. The first-order valence-electron chi connectivity index (χ1n) is 9.81. The van der Waals surface area contributed by atoms with Crippen molar-refractivity contribution in [3.05, 3.63) is 88.5 Å². The third-order valence-corrected chi connectivity index (χ3v) is 4.97. The number of anilines is 2.